The van der Waals surface area contributed by atoms with Gasteiger partial charge in [-0.3, -0.25) is 4.79 Å². The quantitative estimate of drug-likeness (QED) is 0.638. The summed E-state index contributed by atoms with van der Waals surface area (Å²) in [5.74, 6) is -1.32. The van der Waals surface area contributed by atoms with Gasteiger partial charge in [-0.2, -0.15) is 4.72 Å². The third-order valence-corrected chi connectivity index (χ3v) is 6.12. The second-order valence-corrected chi connectivity index (χ2v) is 8.95. The van der Waals surface area contributed by atoms with Crippen molar-refractivity contribution in [3.8, 4) is 0 Å². The first-order valence-electron chi connectivity index (χ1n) is 8.50. The largest absolute Gasteiger partial charge is 0.352 e. The number of benzene rings is 2. The summed E-state index contributed by atoms with van der Waals surface area (Å²) in [4.78, 5) is 11.8. The van der Waals surface area contributed by atoms with Crippen molar-refractivity contribution in [1.82, 2.24) is 10.0 Å². The van der Waals surface area contributed by atoms with E-state index in [1.54, 1.807) is 0 Å². The molecule has 27 heavy (non-hydrogen) atoms. The van der Waals surface area contributed by atoms with E-state index < -0.39 is 32.7 Å². The van der Waals surface area contributed by atoms with Gasteiger partial charge in [0.05, 0.1) is 6.04 Å². The molecule has 0 saturated carbocycles. The first-order chi connectivity index (χ1) is 12.7. The molecule has 5 nitrogen and oxygen atoms in total. The minimum Gasteiger partial charge on any atom is -0.352 e. The molecule has 0 spiro atoms. The topological polar surface area (TPSA) is 75.3 Å². The van der Waals surface area contributed by atoms with Gasteiger partial charge in [-0.1, -0.05) is 40.2 Å². The van der Waals surface area contributed by atoms with Crippen LogP contribution in [0.1, 0.15) is 25.8 Å². The predicted octanol–water partition coefficient (Wildman–Crippen LogP) is 3.39. The van der Waals surface area contributed by atoms with Crippen LogP contribution in [0.15, 0.2) is 57.9 Å². The molecule has 0 aromatic heterocycles. The molecule has 0 heterocycles. The van der Waals surface area contributed by atoms with E-state index in [-0.39, 0.29) is 6.04 Å². The predicted molar refractivity (Wildman–Crippen MR) is 106 cm³/mol. The van der Waals surface area contributed by atoms with Crippen LogP contribution in [0.25, 0.3) is 0 Å². The van der Waals surface area contributed by atoms with Gasteiger partial charge in [-0.25, -0.2) is 12.8 Å². The number of halogens is 2. The molecule has 0 fully saturated rings. The first kappa shape index (κ1) is 21.5. The van der Waals surface area contributed by atoms with Gasteiger partial charge < -0.3 is 5.32 Å². The third kappa shape index (κ3) is 6.41. The number of amides is 1. The highest BCUT2D eigenvalue weighted by atomic mass is 79.9. The molecular formula is C19H22BrFN2O3S. The number of nitrogens with one attached hydrogen (secondary N) is 2. The third-order valence-electron chi connectivity index (χ3n) is 4.02. The molecule has 0 bridgehead atoms. The summed E-state index contributed by atoms with van der Waals surface area (Å²) in [7, 11) is -4.12. The SMILES string of the molecule is CC(CCc1ccc(Br)cc1)NC(=O)[C@H](C)NS(=O)(=O)c1ccccc1F. The molecule has 0 radical (unpaired) electrons. The maximum absolute atomic E-state index is 13.7. The van der Waals surface area contributed by atoms with Crippen LogP contribution in [-0.2, 0) is 21.2 Å². The Labute approximate surface area is 167 Å². The van der Waals surface area contributed by atoms with Gasteiger partial charge in [-0.05, 0) is 56.5 Å². The molecule has 0 aliphatic rings. The van der Waals surface area contributed by atoms with Crippen molar-refractivity contribution in [2.45, 2.75) is 43.7 Å². The highest BCUT2D eigenvalue weighted by Crippen LogP contribution is 2.14. The van der Waals surface area contributed by atoms with Crippen LogP contribution in [0.2, 0.25) is 0 Å². The second-order valence-electron chi connectivity index (χ2n) is 6.35. The van der Waals surface area contributed by atoms with Crippen LogP contribution in [0.3, 0.4) is 0 Å². The van der Waals surface area contributed by atoms with E-state index in [0.29, 0.717) is 6.42 Å². The molecular weight excluding hydrogens is 435 g/mol. The number of hydrogen-bond acceptors (Lipinski definition) is 3. The molecule has 2 rings (SSSR count). The van der Waals surface area contributed by atoms with Gasteiger partial charge >= 0.3 is 0 Å². The van der Waals surface area contributed by atoms with Crippen molar-refractivity contribution >= 4 is 31.9 Å². The number of aryl methyl sites for hydroxylation is 1. The van der Waals surface area contributed by atoms with Gasteiger partial charge in [-0.15, -0.1) is 0 Å². The summed E-state index contributed by atoms with van der Waals surface area (Å²) < 4.78 is 41.4. The fraction of sp³-hybridized carbons (Fsp3) is 0.316. The lowest BCUT2D eigenvalue weighted by atomic mass is 10.1. The van der Waals surface area contributed by atoms with Crippen LogP contribution < -0.4 is 10.0 Å². The minimum absolute atomic E-state index is 0.137. The Morgan fingerprint density at radius 3 is 2.37 bits per heavy atom. The fourth-order valence-electron chi connectivity index (χ4n) is 2.49. The van der Waals surface area contributed by atoms with Crippen LogP contribution in [0.5, 0.6) is 0 Å². The number of hydrogen-bond donors (Lipinski definition) is 2. The fourth-order valence-corrected chi connectivity index (χ4v) is 4.03. The Hall–Kier alpha value is -1.77. The molecule has 1 unspecified atom stereocenters. The summed E-state index contributed by atoms with van der Waals surface area (Å²) in [6.07, 6.45) is 1.49. The maximum atomic E-state index is 13.7. The van der Waals surface area contributed by atoms with E-state index in [0.717, 1.165) is 28.6 Å². The van der Waals surface area contributed by atoms with Crippen LogP contribution >= 0.6 is 15.9 Å². The van der Waals surface area contributed by atoms with E-state index in [2.05, 4.69) is 26.0 Å². The smallest absolute Gasteiger partial charge is 0.244 e. The Kier molecular flexibility index (Phi) is 7.52. The summed E-state index contributed by atoms with van der Waals surface area (Å²) >= 11 is 3.38. The lowest BCUT2D eigenvalue weighted by Crippen LogP contribution is -2.47. The van der Waals surface area contributed by atoms with Gasteiger partial charge in [0.15, 0.2) is 0 Å². The molecule has 2 N–H and O–H groups in total. The molecule has 8 heteroatoms. The van der Waals surface area contributed by atoms with Crippen molar-refractivity contribution in [3.63, 3.8) is 0 Å². The zero-order valence-electron chi connectivity index (χ0n) is 15.1. The molecule has 146 valence electrons. The second kappa shape index (κ2) is 9.43. The van der Waals surface area contributed by atoms with E-state index in [9.17, 15) is 17.6 Å². The van der Waals surface area contributed by atoms with Crippen molar-refractivity contribution in [3.05, 3.63) is 64.4 Å². The summed E-state index contributed by atoms with van der Waals surface area (Å²) in [5, 5.41) is 2.78. The van der Waals surface area contributed by atoms with E-state index in [1.165, 1.54) is 19.1 Å². The zero-order valence-corrected chi connectivity index (χ0v) is 17.5. The Morgan fingerprint density at radius 1 is 1.11 bits per heavy atom. The zero-order chi connectivity index (χ0) is 20.0. The Morgan fingerprint density at radius 2 is 1.74 bits per heavy atom. The maximum Gasteiger partial charge on any atom is 0.244 e. The van der Waals surface area contributed by atoms with Gasteiger partial charge in [0.1, 0.15) is 10.7 Å². The lowest BCUT2D eigenvalue weighted by Gasteiger charge is -2.19. The average molecular weight is 457 g/mol. The monoisotopic (exact) mass is 456 g/mol. The lowest BCUT2D eigenvalue weighted by molar-refractivity contribution is -0.123. The Bertz CT molecular complexity index is 888. The summed E-state index contributed by atoms with van der Waals surface area (Å²) in [6, 6.07) is 11.8. The normalized spacial score (nSPS) is 13.8. The molecule has 2 aromatic carbocycles. The van der Waals surface area contributed by atoms with Crippen LogP contribution in [0, 0.1) is 5.82 Å². The number of sulfonamides is 1. The van der Waals surface area contributed by atoms with Crippen molar-refractivity contribution < 1.29 is 17.6 Å². The van der Waals surface area contributed by atoms with Gasteiger partial charge in [0, 0.05) is 10.5 Å². The van der Waals surface area contributed by atoms with E-state index >= 15 is 0 Å². The summed E-state index contributed by atoms with van der Waals surface area (Å²) in [6.45, 7) is 3.28. The standard InChI is InChI=1S/C19H22BrFN2O3S/c1-13(7-8-15-9-11-16(20)12-10-15)22-19(24)14(2)23-27(25,26)18-6-4-3-5-17(18)21/h3-6,9-14,23H,7-8H2,1-2H3,(H,22,24)/t13?,14-/m0/s1. The number of rotatable bonds is 8. The molecule has 0 saturated heterocycles. The minimum atomic E-state index is -4.12. The van der Waals surface area contributed by atoms with Gasteiger partial charge in [0.2, 0.25) is 15.9 Å². The van der Waals surface area contributed by atoms with Crippen molar-refractivity contribution in [2.24, 2.45) is 0 Å². The molecule has 2 aromatic rings. The first-order valence-corrected chi connectivity index (χ1v) is 10.8. The van der Waals surface area contributed by atoms with Gasteiger partial charge in [0.25, 0.3) is 0 Å². The van der Waals surface area contributed by atoms with Crippen molar-refractivity contribution in [1.29, 1.82) is 0 Å². The number of carbonyl (C=O) groups excluding carboxylic acids is 1. The highest BCUT2D eigenvalue weighted by molar-refractivity contribution is 9.10. The van der Waals surface area contributed by atoms with E-state index in [4.69, 9.17) is 0 Å². The van der Waals surface area contributed by atoms with Crippen LogP contribution in [-0.4, -0.2) is 26.4 Å². The molecule has 1 amide bonds. The van der Waals surface area contributed by atoms with E-state index in [1.807, 2.05) is 31.2 Å². The number of carbonyl (C=O) groups is 1. The Balaban J connectivity index is 1.89. The molecule has 2 atom stereocenters. The molecule has 0 aliphatic carbocycles. The average Bonchev–Trinajstić information content (AvgIpc) is 2.61. The molecule has 0 aliphatic heterocycles. The summed E-state index contributed by atoms with van der Waals surface area (Å²) in [5.41, 5.74) is 1.15. The van der Waals surface area contributed by atoms with Crippen LogP contribution in [0.4, 0.5) is 4.39 Å². The highest BCUT2D eigenvalue weighted by Gasteiger charge is 2.25. The van der Waals surface area contributed by atoms with Crippen molar-refractivity contribution in [2.75, 3.05) is 0 Å².